The molecule has 0 bridgehead atoms. The average molecular weight is 394 g/mol. The number of hydrogen-bond acceptors (Lipinski definition) is 5. The fourth-order valence-corrected chi connectivity index (χ4v) is 3.90. The van der Waals surface area contributed by atoms with Gasteiger partial charge in [-0.15, -0.1) is 0 Å². The van der Waals surface area contributed by atoms with Crippen molar-refractivity contribution in [2.24, 2.45) is 5.92 Å². The fourth-order valence-electron chi connectivity index (χ4n) is 3.73. The predicted octanol–water partition coefficient (Wildman–Crippen LogP) is 1.75. The van der Waals surface area contributed by atoms with Crippen LogP contribution >= 0.6 is 11.6 Å². The number of amides is 1. The molecule has 3 rings (SSSR count). The molecule has 0 aromatic heterocycles. The van der Waals surface area contributed by atoms with Gasteiger partial charge in [0.2, 0.25) is 5.91 Å². The summed E-state index contributed by atoms with van der Waals surface area (Å²) >= 11 is 6.04. The summed E-state index contributed by atoms with van der Waals surface area (Å²) in [5.74, 6) is -4.95. The summed E-state index contributed by atoms with van der Waals surface area (Å²) in [6.45, 7) is 3.24. The standard InChI is InChI=1S/C19H20ClNO6/c1-18(2,17(25)26)21-16(24)13-14(22)11-9-10(20)3-4-12(11)19(15(13)23)5-7-27-8-6-19/h3-4,9,13H,5-8H2,1-2H3,(H,21,24)(H,25,26). The first-order valence-electron chi connectivity index (χ1n) is 8.62. The second kappa shape index (κ2) is 6.73. The molecule has 7 nitrogen and oxygen atoms in total. The quantitative estimate of drug-likeness (QED) is 0.757. The number of ketones is 2. The highest BCUT2D eigenvalue weighted by Crippen LogP contribution is 2.44. The smallest absolute Gasteiger partial charge is 0.328 e. The van der Waals surface area contributed by atoms with Crippen molar-refractivity contribution in [1.82, 2.24) is 5.32 Å². The minimum Gasteiger partial charge on any atom is -0.480 e. The molecule has 1 amide bonds. The maximum atomic E-state index is 13.3. The normalized spacial score (nSPS) is 21.7. The molecule has 144 valence electrons. The second-order valence-electron chi connectivity index (χ2n) is 7.47. The lowest BCUT2D eigenvalue weighted by Crippen LogP contribution is -2.59. The van der Waals surface area contributed by atoms with Gasteiger partial charge in [0, 0.05) is 23.8 Å². The van der Waals surface area contributed by atoms with Crippen molar-refractivity contribution in [2.45, 2.75) is 37.6 Å². The van der Waals surface area contributed by atoms with Gasteiger partial charge in [-0.25, -0.2) is 4.79 Å². The number of carboxylic acid groups (broad SMARTS) is 1. The Hall–Kier alpha value is -2.25. The topological polar surface area (TPSA) is 110 Å². The van der Waals surface area contributed by atoms with E-state index in [1.807, 2.05) is 0 Å². The van der Waals surface area contributed by atoms with Crippen LogP contribution in [0.25, 0.3) is 0 Å². The number of carboxylic acids is 1. The van der Waals surface area contributed by atoms with Crippen molar-refractivity contribution < 1.29 is 29.0 Å². The third kappa shape index (κ3) is 3.15. The SMILES string of the molecule is CC(C)(NC(=O)C1C(=O)c2cc(Cl)ccc2C2(CCOCC2)C1=O)C(=O)O. The van der Waals surface area contributed by atoms with Gasteiger partial charge >= 0.3 is 5.97 Å². The Morgan fingerprint density at radius 3 is 2.48 bits per heavy atom. The van der Waals surface area contributed by atoms with Crippen LogP contribution in [0.2, 0.25) is 5.02 Å². The molecule has 27 heavy (non-hydrogen) atoms. The van der Waals surface area contributed by atoms with Gasteiger partial charge in [-0.1, -0.05) is 17.7 Å². The van der Waals surface area contributed by atoms with Crippen molar-refractivity contribution in [1.29, 1.82) is 0 Å². The fraction of sp³-hybridized carbons (Fsp3) is 0.474. The molecular weight excluding hydrogens is 374 g/mol. The number of benzene rings is 1. The van der Waals surface area contributed by atoms with E-state index in [0.29, 0.717) is 36.6 Å². The van der Waals surface area contributed by atoms with Gasteiger partial charge < -0.3 is 15.2 Å². The van der Waals surface area contributed by atoms with Gasteiger partial charge in [-0.3, -0.25) is 14.4 Å². The number of nitrogens with one attached hydrogen (secondary N) is 1. The van der Waals surface area contributed by atoms with Crippen LogP contribution in [-0.2, 0) is 24.5 Å². The molecule has 1 aliphatic carbocycles. The van der Waals surface area contributed by atoms with E-state index in [-0.39, 0.29) is 5.56 Å². The molecule has 1 spiro atoms. The summed E-state index contributed by atoms with van der Waals surface area (Å²) in [6, 6.07) is 4.74. The number of ether oxygens (including phenoxy) is 1. The molecule has 1 atom stereocenters. The molecule has 0 radical (unpaired) electrons. The predicted molar refractivity (Wildman–Crippen MR) is 95.9 cm³/mol. The van der Waals surface area contributed by atoms with E-state index in [1.54, 1.807) is 12.1 Å². The van der Waals surface area contributed by atoms with Gasteiger partial charge in [0.1, 0.15) is 5.54 Å². The molecule has 0 saturated carbocycles. The lowest BCUT2D eigenvalue weighted by Gasteiger charge is -2.42. The maximum Gasteiger partial charge on any atom is 0.328 e. The summed E-state index contributed by atoms with van der Waals surface area (Å²) in [7, 11) is 0. The molecule has 1 heterocycles. The summed E-state index contributed by atoms with van der Waals surface area (Å²) < 4.78 is 5.38. The van der Waals surface area contributed by atoms with Gasteiger partial charge in [0.25, 0.3) is 0 Å². The summed E-state index contributed by atoms with van der Waals surface area (Å²) in [4.78, 5) is 50.4. The van der Waals surface area contributed by atoms with Crippen molar-refractivity contribution in [3.8, 4) is 0 Å². The number of fused-ring (bicyclic) bond motifs is 2. The van der Waals surface area contributed by atoms with Crippen molar-refractivity contribution >= 4 is 35.0 Å². The van der Waals surface area contributed by atoms with Crippen LogP contribution in [0.1, 0.15) is 42.6 Å². The lowest BCUT2D eigenvalue weighted by molar-refractivity contribution is -0.148. The first-order chi connectivity index (χ1) is 12.6. The number of Topliss-reactive ketones (excluding diaryl/α,β-unsaturated/α-hetero) is 2. The average Bonchev–Trinajstić information content (AvgIpc) is 2.60. The van der Waals surface area contributed by atoms with Gasteiger partial charge in [-0.05, 0) is 44.4 Å². The van der Waals surface area contributed by atoms with Crippen LogP contribution < -0.4 is 5.32 Å². The Balaban J connectivity index is 2.09. The van der Waals surface area contributed by atoms with E-state index in [4.69, 9.17) is 16.3 Å². The molecule has 1 fully saturated rings. The minimum absolute atomic E-state index is 0.234. The van der Waals surface area contributed by atoms with Crippen molar-refractivity contribution in [3.63, 3.8) is 0 Å². The zero-order valence-electron chi connectivity index (χ0n) is 15.0. The Kier molecular flexibility index (Phi) is 4.86. The largest absolute Gasteiger partial charge is 0.480 e. The Labute approximate surface area is 161 Å². The Morgan fingerprint density at radius 2 is 1.89 bits per heavy atom. The van der Waals surface area contributed by atoms with Crippen LogP contribution in [0.5, 0.6) is 0 Å². The van der Waals surface area contributed by atoms with Gasteiger partial charge in [-0.2, -0.15) is 0 Å². The summed E-state index contributed by atoms with van der Waals surface area (Å²) in [5, 5.41) is 11.9. The molecular formula is C19H20ClNO6. The lowest BCUT2D eigenvalue weighted by atomic mass is 9.61. The third-order valence-electron chi connectivity index (χ3n) is 5.34. The van der Waals surface area contributed by atoms with Crippen LogP contribution in [-0.4, -0.2) is 47.3 Å². The molecule has 1 aliphatic heterocycles. The van der Waals surface area contributed by atoms with E-state index in [2.05, 4.69) is 5.32 Å². The van der Waals surface area contributed by atoms with Crippen LogP contribution in [0, 0.1) is 5.92 Å². The van der Waals surface area contributed by atoms with Crippen LogP contribution in [0.3, 0.4) is 0 Å². The molecule has 8 heteroatoms. The third-order valence-corrected chi connectivity index (χ3v) is 5.57. The minimum atomic E-state index is -1.62. The summed E-state index contributed by atoms with van der Waals surface area (Å²) in [5.41, 5.74) is -1.83. The van der Waals surface area contributed by atoms with E-state index in [0.717, 1.165) is 0 Å². The molecule has 2 N–H and O–H groups in total. The number of halogens is 1. The molecule has 2 aliphatic rings. The highest BCUT2D eigenvalue weighted by Gasteiger charge is 2.55. The van der Waals surface area contributed by atoms with Gasteiger partial charge in [0.15, 0.2) is 17.5 Å². The van der Waals surface area contributed by atoms with E-state index < -0.39 is 40.3 Å². The Bertz CT molecular complexity index is 841. The zero-order chi connectivity index (χ0) is 20.0. The zero-order valence-corrected chi connectivity index (χ0v) is 15.8. The van der Waals surface area contributed by atoms with Crippen LogP contribution in [0.15, 0.2) is 18.2 Å². The monoisotopic (exact) mass is 393 g/mol. The van der Waals surface area contributed by atoms with E-state index in [1.165, 1.54) is 19.9 Å². The van der Waals surface area contributed by atoms with Crippen molar-refractivity contribution in [2.75, 3.05) is 13.2 Å². The van der Waals surface area contributed by atoms with Gasteiger partial charge in [0.05, 0.1) is 5.41 Å². The number of aliphatic carboxylic acids is 1. The molecule has 1 unspecified atom stereocenters. The number of carbonyl (C=O) groups excluding carboxylic acids is 3. The molecule has 1 aromatic rings. The maximum absolute atomic E-state index is 13.3. The Morgan fingerprint density at radius 1 is 1.26 bits per heavy atom. The first-order valence-corrected chi connectivity index (χ1v) is 9.00. The highest BCUT2D eigenvalue weighted by molar-refractivity contribution is 6.33. The molecule has 1 saturated heterocycles. The van der Waals surface area contributed by atoms with Crippen LogP contribution in [0.4, 0.5) is 0 Å². The van der Waals surface area contributed by atoms with E-state index >= 15 is 0 Å². The highest BCUT2D eigenvalue weighted by atomic mass is 35.5. The number of carbonyl (C=O) groups is 4. The molecule has 1 aromatic carbocycles. The van der Waals surface area contributed by atoms with Crippen molar-refractivity contribution in [3.05, 3.63) is 34.3 Å². The summed E-state index contributed by atoms with van der Waals surface area (Å²) in [6.07, 6.45) is 0.694. The second-order valence-corrected chi connectivity index (χ2v) is 7.90. The first kappa shape index (κ1) is 19.5. The number of rotatable bonds is 3. The number of hydrogen-bond donors (Lipinski definition) is 2. The van der Waals surface area contributed by atoms with E-state index in [9.17, 15) is 24.3 Å².